The molecule has 3 heterocycles. The van der Waals surface area contributed by atoms with Crippen molar-refractivity contribution >= 4 is 17.0 Å². The van der Waals surface area contributed by atoms with Crippen LogP contribution in [-0.2, 0) is 9.47 Å². The minimum Gasteiger partial charge on any atom is -0.387 e. The molecule has 9 nitrogen and oxygen atoms in total. The van der Waals surface area contributed by atoms with Gasteiger partial charge >= 0.3 is 0 Å². The van der Waals surface area contributed by atoms with Crippen LogP contribution in [0.1, 0.15) is 31.9 Å². The van der Waals surface area contributed by atoms with E-state index in [0.717, 1.165) is 12.8 Å². The second-order valence-electron chi connectivity index (χ2n) is 6.85. The second kappa shape index (κ2) is 6.69. The molecule has 0 amide bonds. The molecule has 1 aliphatic heterocycles. The van der Waals surface area contributed by atoms with Gasteiger partial charge in [-0.1, -0.05) is 0 Å². The summed E-state index contributed by atoms with van der Waals surface area (Å²) in [5, 5.41) is 23.3. The quantitative estimate of drug-likeness (QED) is 0.663. The van der Waals surface area contributed by atoms with Gasteiger partial charge in [0.25, 0.3) is 0 Å². The maximum absolute atomic E-state index is 14.8. The summed E-state index contributed by atoms with van der Waals surface area (Å²) in [6.45, 7) is 0.146. The highest BCUT2D eigenvalue weighted by Crippen LogP contribution is 2.36. The van der Waals surface area contributed by atoms with Crippen molar-refractivity contribution < 1.29 is 24.1 Å². The fraction of sp³-hybridized carbons (Fsp3) is 0.688. The minimum absolute atomic E-state index is 0.146. The largest absolute Gasteiger partial charge is 0.387 e. The van der Waals surface area contributed by atoms with E-state index in [1.165, 1.54) is 24.3 Å². The van der Waals surface area contributed by atoms with Crippen molar-refractivity contribution in [2.45, 2.75) is 56.0 Å². The lowest BCUT2D eigenvalue weighted by Gasteiger charge is -2.21. The number of aliphatic hydroxyl groups excluding tert-OH is 2. The van der Waals surface area contributed by atoms with Gasteiger partial charge in [-0.05, 0) is 12.8 Å². The van der Waals surface area contributed by atoms with Gasteiger partial charge in [-0.25, -0.2) is 19.3 Å². The first kappa shape index (κ1) is 17.5. The third kappa shape index (κ3) is 2.92. The molecule has 2 aliphatic rings. The zero-order chi connectivity index (χ0) is 18.3. The minimum atomic E-state index is -1.49. The zero-order valence-electron chi connectivity index (χ0n) is 14.4. The maximum atomic E-state index is 14.8. The number of aliphatic hydroxyl groups is 2. The molecule has 1 saturated heterocycles. The Hall–Kier alpha value is -1.88. The van der Waals surface area contributed by atoms with Crippen molar-refractivity contribution in [3.63, 3.8) is 0 Å². The van der Waals surface area contributed by atoms with Crippen LogP contribution in [0.2, 0.25) is 0 Å². The molecule has 2 fully saturated rings. The van der Waals surface area contributed by atoms with Gasteiger partial charge in [0.15, 0.2) is 29.0 Å². The first-order chi connectivity index (χ1) is 12.5. The smallest absolute Gasteiger partial charge is 0.181 e. The van der Waals surface area contributed by atoms with Gasteiger partial charge in [0.2, 0.25) is 0 Å². The molecule has 142 valence electrons. The van der Waals surface area contributed by atoms with Gasteiger partial charge in [0, 0.05) is 20.0 Å². The maximum Gasteiger partial charge on any atom is 0.181 e. The number of halogens is 1. The Kier molecular flexibility index (Phi) is 4.51. The summed E-state index contributed by atoms with van der Waals surface area (Å²) in [4.78, 5) is 12.6. The molecular formula is C16H22FN5O4. The van der Waals surface area contributed by atoms with Crippen molar-refractivity contribution in [3.05, 3.63) is 12.7 Å². The van der Waals surface area contributed by atoms with Gasteiger partial charge in [-0.15, -0.1) is 0 Å². The zero-order valence-corrected chi connectivity index (χ0v) is 14.4. The van der Waals surface area contributed by atoms with Gasteiger partial charge in [0.05, 0.1) is 12.9 Å². The summed E-state index contributed by atoms with van der Waals surface area (Å²) in [7, 11) is 1.49. The number of anilines is 1. The van der Waals surface area contributed by atoms with E-state index in [4.69, 9.17) is 9.47 Å². The van der Waals surface area contributed by atoms with Crippen molar-refractivity contribution in [2.75, 3.05) is 19.0 Å². The molecule has 10 heteroatoms. The number of methoxy groups -OCH3 is 1. The first-order valence-corrected chi connectivity index (χ1v) is 8.67. The van der Waals surface area contributed by atoms with Crippen molar-refractivity contribution in [3.8, 4) is 0 Å². The summed E-state index contributed by atoms with van der Waals surface area (Å²) < 4.78 is 27.0. The number of hydrogen-bond acceptors (Lipinski definition) is 8. The number of aromatic nitrogens is 4. The molecular weight excluding hydrogens is 345 g/mol. The number of ether oxygens (including phenoxy) is 2. The van der Waals surface area contributed by atoms with Crippen LogP contribution < -0.4 is 5.32 Å². The molecule has 2 unspecified atom stereocenters. The molecule has 1 saturated carbocycles. The number of hydrogen-bond donors (Lipinski definition) is 3. The number of nitrogens with one attached hydrogen (secondary N) is 1. The molecule has 26 heavy (non-hydrogen) atoms. The number of rotatable bonds is 5. The summed E-state index contributed by atoms with van der Waals surface area (Å²) >= 11 is 0. The monoisotopic (exact) mass is 367 g/mol. The highest BCUT2D eigenvalue weighted by atomic mass is 19.1. The Morgan fingerprint density at radius 2 is 2.08 bits per heavy atom. The SMILES string of the molecule is COC[C@H]1O[C@@H](n2cnc3c(NC4(F)CCCC4)ncnc32)C(O)C1O. The van der Waals surface area contributed by atoms with E-state index >= 15 is 0 Å². The average Bonchev–Trinajstić information content (AvgIpc) is 3.30. The Balaban J connectivity index is 1.65. The van der Waals surface area contributed by atoms with Crippen LogP contribution in [0.3, 0.4) is 0 Å². The molecule has 0 spiro atoms. The number of imidazole rings is 1. The van der Waals surface area contributed by atoms with Crippen LogP contribution >= 0.6 is 0 Å². The molecule has 4 rings (SSSR count). The van der Waals surface area contributed by atoms with Crippen LogP contribution in [0.25, 0.3) is 11.2 Å². The molecule has 0 bridgehead atoms. The van der Waals surface area contributed by atoms with Crippen LogP contribution in [0.15, 0.2) is 12.7 Å². The molecule has 3 N–H and O–H groups in total. The van der Waals surface area contributed by atoms with Gasteiger partial charge < -0.3 is 25.0 Å². The van der Waals surface area contributed by atoms with Crippen molar-refractivity contribution in [1.82, 2.24) is 19.5 Å². The second-order valence-corrected chi connectivity index (χ2v) is 6.85. The molecule has 0 aromatic carbocycles. The van der Waals surface area contributed by atoms with E-state index in [-0.39, 0.29) is 6.61 Å². The van der Waals surface area contributed by atoms with Gasteiger partial charge in [-0.2, -0.15) is 0 Å². The molecule has 2 aromatic rings. The Labute approximate surface area is 149 Å². The lowest BCUT2D eigenvalue weighted by atomic mass is 10.1. The van der Waals surface area contributed by atoms with Crippen LogP contribution in [0.5, 0.6) is 0 Å². The van der Waals surface area contributed by atoms with Gasteiger partial charge in [-0.3, -0.25) is 4.57 Å². The fourth-order valence-corrected chi connectivity index (χ4v) is 3.66. The van der Waals surface area contributed by atoms with Crippen molar-refractivity contribution in [2.24, 2.45) is 0 Å². The molecule has 4 atom stereocenters. The number of nitrogens with zero attached hydrogens (tertiary/aromatic N) is 4. The predicted molar refractivity (Wildman–Crippen MR) is 89.1 cm³/mol. The average molecular weight is 367 g/mol. The van der Waals surface area contributed by atoms with Gasteiger partial charge in [0.1, 0.15) is 24.6 Å². The van der Waals surface area contributed by atoms with E-state index in [1.807, 2.05) is 0 Å². The lowest BCUT2D eigenvalue weighted by Crippen LogP contribution is -2.33. The third-order valence-electron chi connectivity index (χ3n) is 5.04. The normalized spacial score (nSPS) is 30.9. The first-order valence-electron chi connectivity index (χ1n) is 8.67. The highest BCUT2D eigenvalue weighted by Gasteiger charge is 2.44. The lowest BCUT2D eigenvalue weighted by molar-refractivity contribution is -0.0580. The van der Waals surface area contributed by atoms with E-state index in [1.54, 1.807) is 0 Å². The summed E-state index contributed by atoms with van der Waals surface area (Å²) in [5.41, 5.74) is 0.773. The fourth-order valence-electron chi connectivity index (χ4n) is 3.66. The van der Waals surface area contributed by atoms with Crippen LogP contribution in [0.4, 0.5) is 10.2 Å². The van der Waals surface area contributed by atoms with E-state index in [2.05, 4.69) is 20.3 Å². The Morgan fingerprint density at radius 1 is 1.31 bits per heavy atom. The third-order valence-corrected chi connectivity index (χ3v) is 5.04. The summed E-state index contributed by atoms with van der Waals surface area (Å²) in [6, 6.07) is 0. The van der Waals surface area contributed by atoms with Crippen LogP contribution in [-0.4, -0.2) is 67.6 Å². The highest BCUT2D eigenvalue weighted by molar-refractivity contribution is 5.83. The Bertz CT molecular complexity index is 781. The van der Waals surface area contributed by atoms with E-state index in [0.29, 0.717) is 29.8 Å². The van der Waals surface area contributed by atoms with E-state index in [9.17, 15) is 14.6 Å². The standard InChI is InChI=1S/C16H22FN5O4/c1-25-6-9-11(23)12(24)15(26-9)22-8-20-10-13(18-7-19-14(10)22)21-16(17)4-2-3-5-16/h7-9,11-12,15,23-24H,2-6H2,1H3,(H,18,19,21)/t9-,11?,12?,15-/m1/s1. The number of fused-ring (bicyclic) bond motifs is 1. The summed E-state index contributed by atoms with van der Waals surface area (Å²) in [5.74, 6) is -1.19. The molecule has 0 radical (unpaired) electrons. The molecule has 2 aromatic heterocycles. The summed E-state index contributed by atoms with van der Waals surface area (Å²) in [6.07, 6.45) is 1.47. The predicted octanol–water partition coefficient (Wildman–Crippen LogP) is 0.744. The molecule has 1 aliphatic carbocycles. The Morgan fingerprint density at radius 3 is 2.81 bits per heavy atom. The van der Waals surface area contributed by atoms with Crippen LogP contribution in [0, 0.1) is 0 Å². The number of alkyl halides is 1. The van der Waals surface area contributed by atoms with E-state index < -0.39 is 30.3 Å². The van der Waals surface area contributed by atoms with Crippen molar-refractivity contribution in [1.29, 1.82) is 0 Å². The topological polar surface area (TPSA) is 115 Å².